The molecule has 2 amide bonds. The molecule has 0 saturated carbocycles. The largest absolute Gasteiger partial charge is 0.333 e. The lowest BCUT2D eigenvalue weighted by molar-refractivity contribution is -0.136. The summed E-state index contributed by atoms with van der Waals surface area (Å²) >= 11 is 0. The van der Waals surface area contributed by atoms with Crippen LogP contribution in [0.15, 0.2) is 91.0 Å². The molecule has 0 unspecified atom stereocenters. The van der Waals surface area contributed by atoms with Crippen molar-refractivity contribution in [3.8, 4) is 16.9 Å². The third kappa shape index (κ3) is 6.54. The van der Waals surface area contributed by atoms with Crippen LogP contribution in [0.2, 0.25) is 0 Å². The number of unbranched alkanes of at least 4 members (excludes halogenated alkanes) is 1. The van der Waals surface area contributed by atoms with Gasteiger partial charge in [-0.25, -0.2) is 9.07 Å². The predicted octanol–water partition coefficient (Wildman–Crippen LogP) is 6.44. The minimum absolute atomic E-state index is 0.0562. The Bertz CT molecular complexity index is 1340. The van der Waals surface area contributed by atoms with Crippen molar-refractivity contribution in [3.63, 3.8) is 0 Å². The zero-order valence-electron chi connectivity index (χ0n) is 21.8. The van der Waals surface area contributed by atoms with Gasteiger partial charge in [0.15, 0.2) is 0 Å². The first kappa shape index (κ1) is 26.8. The van der Waals surface area contributed by atoms with Gasteiger partial charge in [-0.05, 0) is 42.7 Å². The van der Waals surface area contributed by atoms with Crippen molar-refractivity contribution in [3.05, 3.63) is 102 Å². The third-order valence-electron chi connectivity index (χ3n) is 6.45. The van der Waals surface area contributed by atoms with Crippen LogP contribution in [-0.2, 0) is 9.59 Å². The number of rotatable bonds is 11. The maximum absolute atomic E-state index is 13.6. The highest BCUT2D eigenvalue weighted by Crippen LogP contribution is 2.26. The van der Waals surface area contributed by atoms with Crippen molar-refractivity contribution < 1.29 is 14.0 Å². The summed E-state index contributed by atoms with van der Waals surface area (Å²) in [7, 11) is 0. The maximum atomic E-state index is 13.6. The molecule has 6 nitrogen and oxygen atoms in total. The molecule has 0 radical (unpaired) electrons. The van der Waals surface area contributed by atoms with Crippen LogP contribution < -0.4 is 5.32 Å². The molecule has 4 rings (SSSR count). The van der Waals surface area contributed by atoms with E-state index in [9.17, 15) is 14.0 Å². The molecule has 0 fully saturated rings. The summed E-state index contributed by atoms with van der Waals surface area (Å²) < 4.78 is 15.2. The van der Waals surface area contributed by atoms with E-state index in [1.165, 1.54) is 12.1 Å². The number of halogens is 1. The lowest BCUT2D eigenvalue weighted by Gasteiger charge is -2.27. The second-order valence-corrected chi connectivity index (χ2v) is 9.20. The Labute approximate surface area is 223 Å². The van der Waals surface area contributed by atoms with Crippen LogP contribution in [-0.4, -0.2) is 39.6 Å². The van der Waals surface area contributed by atoms with Crippen LogP contribution in [0.1, 0.15) is 44.6 Å². The number of hydrogen-bond donors (Lipinski definition) is 1. The molecule has 0 spiro atoms. The van der Waals surface area contributed by atoms with Crippen molar-refractivity contribution in [2.24, 2.45) is 0 Å². The molecule has 0 aliphatic carbocycles. The Morgan fingerprint density at radius 2 is 1.61 bits per heavy atom. The van der Waals surface area contributed by atoms with E-state index < -0.39 is 0 Å². The quantitative estimate of drug-likeness (QED) is 0.251. The summed E-state index contributed by atoms with van der Waals surface area (Å²) in [6, 6.07) is 27.0. The Morgan fingerprint density at radius 1 is 0.947 bits per heavy atom. The fourth-order valence-electron chi connectivity index (χ4n) is 4.43. The zero-order valence-corrected chi connectivity index (χ0v) is 21.8. The van der Waals surface area contributed by atoms with Crippen LogP contribution in [0.4, 0.5) is 10.2 Å². The van der Waals surface area contributed by atoms with Crippen LogP contribution in [0.3, 0.4) is 0 Å². The number of hydrogen-bond acceptors (Lipinski definition) is 3. The molecule has 0 bridgehead atoms. The number of anilines is 1. The Kier molecular flexibility index (Phi) is 9.03. The number of nitrogens with one attached hydrogen (secondary N) is 1. The molecule has 3 aromatic carbocycles. The molecule has 1 atom stereocenters. The average Bonchev–Trinajstić information content (AvgIpc) is 3.36. The van der Waals surface area contributed by atoms with Gasteiger partial charge in [0, 0.05) is 18.2 Å². The van der Waals surface area contributed by atoms with Crippen LogP contribution in [0.5, 0.6) is 0 Å². The van der Waals surface area contributed by atoms with E-state index >= 15 is 0 Å². The van der Waals surface area contributed by atoms with Gasteiger partial charge in [0.05, 0.1) is 23.8 Å². The summed E-state index contributed by atoms with van der Waals surface area (Å²) in [5.74, 6) is -0.600. The summed E-state index contributed by atoms with van der Waals surface area (Å²) in [6.45, 7) is 4.47. The van der Waals surface area contributed by atoms with Gasteiger partial charge in [-0.15, -0.1) is 0 Å². The Morgan fingerprint density at radius 3 is 2.24 bits per heavy atom. The van der Waals surface area contributed by atoms with Gasteiger partial charge in [0.1, 0.15) is 11.6 Å². The number of amides is 2. The average molecular weight is 513 g/mol. The van der Waals surface area contributed by atoms with Gasteiger partial charge < -0.3 is 10.2 Å². The first-order valence-corrected chi connectivity index (χ1v) is 13.0. The smallest absolute Gasteiger partial charge is 0.245 e. The molecule has 7 heteroatoms. The van der Waals surface area contributed by atoms with Crippen molar-refractivity contribution in [2.45, 2.75) is 39.0 Å². The predicted molar refractivity (Wildman–Crippen MR) is 149 cm³/mol. The van der Waals surface area contributed by atoms with E-state index in [4.69, 9.17) is 0 Å². The van der Waals surface area contributed by atoms with E-state index in [0.29, 0.717) is 30.2 Å². The second kappa shape index (κ2) is 12.8. The molecule has 0 saturated heterocycles. The van der Waals surface area contributed by atoms with Crippen molar-refractivity contribution in [1.29, 1.82) is 0 Å². The molecule has 1 aromatic heterocycles. The molecule has 0 aliphatic heterocycles. The Hall–Kier alpha value is -4.26. The molecule has 0 aliphatic rings. The molecule has 4 aromatic rings. The maximum Gasteiger partial charge on any atom is 0.245 e. The minimum Gasteiger partial charge on any atom is -0.333 e. The van der Waals surface area contributed by atoms with E-state index in [-0.39, 0.29) is 30.1 Å². The number of benzene rings is 3. The molecule has 38 heavy (non-hydrogen) atoms. The monoisotopic (exact) mass is 512 g/mol. The number of nitrogens with zero attached hydrogens (tertiary/aromatic N) is 3. The molecular formula is C31H33FN4O2. The topological polar surface area (TPSA) is 67.2 Å². The van der Waals surface area contributed by atoms with E-state index in [1.54, 1.807) is 27.8 Å². The van der Waals surface area contributed by atoms with Crippen LogP contribution in [0, 0.1) is 5.82 Å². The highest BCUT2D eigenvalue weighted by Gasteiger charge is 2.26. The van der Waals surface area contributed by atoms with Gasteiger partial charge >= 0.3 is 0 Å². The summed E-state index contributed by atoms with van der Waals surface area (Å²) in [6.07, 6.45) is 2.35. The van der Waals surface area contributed by atoms with E-state index in [2.05, 4.69) is 17.3 Å². The zero-order chi connectivity index (χ0) is 26.9. The first-order valence-electron chi connectivity index (χ1n) is 13.0. The second-order valence-electron chi connectivity index (χ2n) is 9.20. The first-order chi connectivity index (χ1) is 18.5. The lowest BCUT2D eigenvalue weighted by Crippen LogP contribution is -2.41. The van der Waals surface area contributed by atoms with Gasteiger partial charge in [-0.3, -0.25) is 9.59 Å². The third-order valence-corrected chi connectivity index (χ3v) is 6.45. The minimum atomic E-state index is -0.358. The molecule has 196 valence electrons. The molecule has 1 heterocycles. The standard InChI is InChI=1S/C31H33FN4O2/c1-3-5-20-35(31(38)27(4-2)23-12-8-6-9-13-23)22-30(37)33-29-21-28(24-14-10-7-11-15-24)34-36(29)26-18-16-25(32)17-19-26/h6-19,21,27H,3-5,20,22H2,1-2H3,(H,33,37)/t27-/m1/s1. The van der Waals surface area contributed by atoms with Gasteiger partial charge in [-0.1, -0.05) is 80.9 Å². The number of carbonyl (C=O) groups is 2. The molecule has 1 N–H and O–H groups in total. The lowest BCUT2D eigenvalue weighted by atomic mass is 9.95. The van der Waals surface area contributed by atoms with Gasteiger partial charge in [0.25, 0.3) is 0 Å². The summed E-state index contributed by atoms with van der Waals surface area (Å²) in [4.78, 5) is 28.5. The van der Waals surface area contributed by atoms with Gasteiger partial charge in [-0.2, -0.15) is 5.10 Å². The normalized spacial score (nSPS) is 11.7. The Balaban J connectivity index is 1.59. The van der Waals surface area contributed by atoms with E-state index in [0.717, 1.165) is 24.0 Å². The van der Waals surface area contributed by atoms with Crippen LogP contribution >= 0.6 is 0 Å². The van der Waals surface area contributed by atoms with Gasteiger partial charge in [0.2, 0.25) is 11.8 Å². The van der Waals surface area contributed by atoms with Crippen molar-refractivity contribution in [1.82, 2.24) is 14.7 Å². The fraction of sp³-hybridized carbons (Fsp3) is 0.258. The highest BCUT2D eigenvalue weighted by molar-refractivity contribution is 5.95. The SMILES string of the molecule is CCCCN(CC(=O)Nc1cc(-c2ccccc2)nn1-c1ccc(F)cc1)C(=O)[C@H](CC)c1ccccc1. The van der Waals surface area contributed by atoms with Crippen molar-refractivity contribution in [2.75, 3.05) is 18.4 Å². The molecular weight excluding hydrogens is 479 g/mol. The highest BCUT2D eigenvalue weighted by atomic mass is 19.1. The van der Waals surface area contributed by atoms with Crippen LogP contribution in [0.25, 0.3) is 16.9 Å². The van der Waals surface area contributed by atoms with E-state index in [1.807, 2.05) is 67.6 Å². The summed E-state index contributed by atoms with van der Waals surface area (Å²) in [5, 5.41) is 7.62. The van der Waals surface area contributed by atoms with Crippen molar-refractivity contribution >= 4 is 17.6 Å². The number of aromatic nitrogens is 2. The summed E-state index contributed by atoms with van der Waals surface area (Å²) in [5.41, 5.74) is 3.11. The fourth-order valence-corrected chi connectivity index (χ4v) is 4.43. The number of carbonyl (C=O) groups excluding carboxylic acids is 2.